The number of fused-ring (bicyclic) bond motifs is 5. The van der Waals surface area contributed by atoms with Gasteiger partial charge in [0.25, 0.3) is 0 Å². The number of ether oxygens (including phenoxy) is 1. The Morgan fingerprint density at radius 1 is 1.10 bits per heavy atom. The standard InChI is InChI=1S/C19H17NO2S.C5H13N.CH3I/c1-3-20-13-8-6-9-14(22-2)17(13)18-16(11-21)23-15-10-5-4-7-12(15)19(18)20;1-4-6(3)5-2;1-2/h4-11,16H,3H2,1-2H3;4-5H2,1-3H3;1H3. The molecule has 0 saturated carbocycles. The number of aromatic nitrogens is 1. The molecule has 0 amide bonds. The Kier molecular flexibility index (Phi) is 10.4. The number of alkyl halides is 1. The number of halogens is 1. The molecule has 1 unspecified atom stereocenters. The first-order chi connectivity index (χ1) is 15.1. The van der Waals surface area contributed by atoms with E-state index in [1.807, 2.05) is 23.1 Å². The first kappa shape index (κ1) is 25.7. The number of aryl methyl sites for hydroxylation is 1. The Balaban J connectivity index is 0.000000372. The number of benzene rings is 2. The van der Waals surface area contributed by atoms with Crippen LogP contribution in [0.5, 0.6) is 5.75 Å². The molecule has 0 bridgehead atoms. The monoisotopic (exact) mass is 552 g/mol. The molecule has 1 aliphatic rings. The zero-order chi connectivity index (χ0) is 23.0. The minimum absolute atomic E-state index is 0.202. The highest BCUT2D eigenvalue weighted by Gasteiger charge is 2.32. The maximum atomic E-state index is 11.8. The number of aldehydes is 1. The van der Waals surface area contributed by atoms with Crippen molar-refractivity contribution in [2.45, 2.75) is 37.5 Å². The van der Waals surface area contributed by atoms with E-state index >= 15 is 0 Å². The summed E-state index contributed by atoms with van der Waals surface area (Å²) in [6.45, 7) is 9.63. The van der Waals surface area contributed by atoms with Crippen molar-refractivity contribution in [3.8, 4) is 17.0 Å². The van der Waals surface area contributed by atoms with Crippen LogP contribution in [0.3, 0.4) is 0 Å². The molecular formula is C25H33IN2O2S. The summed E-state index contributed by atoms with van der Waals surface area (Å²) in [6, 6.07) is 14.4. The summed E-state index contributed by atoms with van der Waals surface area (Å²) in [4.78, 5) is 17.2. The predicted molar refractivity (Wildman–Crippen MR) is 143 cm³/mol. The van der Waals surface area contributed by atoms with E-state index in [1.165, 1.54) is 5.56 Å². The average Bonchev–Trinajstić information content (AvgIpc) is 3.19. The van der Waals surface area contributed by atoms with E-state index in [-0.39, 0.29) is 5.25 Å². The molecule has 31 heavy (non-hydrogen) atoms. The summed E-state index contributed by atoms with van der Waals surface area (Å²) >= 11 is 3.77. The van der Waals surface area contributed by atoms with Crippen molar-refractivity contribution in [1.29, 1.82) is 0 Å². The molecule has 0 fully saturated rings. The molecule has 3 aromatic rings. The predicted octanol–water partition coefficient (Wildman–Crippen LogP) is 6.69. The van der Waals surface area contributed by atoms with Crippen molar-refractivity contribution in [2.24, 2.45) is 0 Å². The second kappa shape index (κ2) is 12.5. The third kappa shape index (κ3) is 5.29. The maximum absolute atomic E-state index is 11.8. The van der Waals surface area contributed by atoms with Gasteiger partial charge in [-0.1, -0.05) is 60.7 Å². The van der Waals surface area contributed by atoms with E-state index in [2.05, 4.69) is 84.1 Å². The van der Waals surface area contributed by atoms with Gasteiger partial charge in [-0.3, -0.25) is 0 Å². The average molecular weight is 553 g/mol. The van der Waals surface area contributed by atoms with Crippen molar-refractivity contribution in [3.05, 3.63) is 48.0 Å². The second-order valence-corrected chi connectivity index (χ2v) is 8.20. The lowest BCUT2D eigenvalue weighted by Crippen LogP contribution is -2.15. The highest BCUT2D eigenvalue weighted by molar-refractivity contribution is 14.1. The van der Waals surface area contributed by atoms with Crippen LogP contribution in [-0.2, 0) is 11.3 Å². The van der Waals surface area contributed by atoms with Gasteiger partial charge in [-0.25, -0.2) is 0 Å². The van der Waals surface area contributed by atoms with Crippen molar-refractivity contribution in [2.75, 3.05) is 32.2 Å². The SMILES string of the molecule is CCN(C)CC.CCn1c2c(c3c(OC)cccc31)C(C=O)Sc1ccccc1-2.CI. The van der Waals surface area contributed by atoms with Crippen LogP contribution in [0.15, 0.2) is 47.4 Å². The number of hydrogen-bond donors (Lipinski definition) is 0. The lowest BCUT2D eigenvalue weighted by atomic mass is 10.0. The molecular weight excluding hydrogens is 519 g/mol. The van der Waals surface area contributed by atoms with Gasteiger partial charge in [0, 0.05) is 28.0 Å². The van der Waals surface area contributed by atoms with E-state index in [9.17, 15) is 4.79 Å². The van der Waals surface area contributed by atoms with Gasteiger partial charge in [0.1, 0.15) is 12.0 Å². The quantitative estimate of drug-likeness (QED) is 0.201. The molecule has 0 aliphatic carbocycles. The number of hydrogen-bond acceptors (Lipinski definition) is 4. The maximum Gasteiger partial charge on any atom is 0.137 e. The van der Waals surface area contributed by atoms with Crippen LogP contribution < -0.4 is 4.74 Å². The normalized spacial score (nSPS) is 14.0. The summed E-state index contributed by atoms with van der Waals surface area (Å²) in [5.41, 5.74) is 4.56. The third-order valence-corrected chi connectivity index (χ3v) is 6.72. The molecule has 0 saturated heterocycles. The Bertz CT molecular complexity index is 999. The Morgan fingerprint density at radius 3 is 2.32 bits per heavy atom. The topological polar surface area (TPSA) is 34.5 Å². The fourth-order valence-electron chi connectivity index (χ4n) is 3.75. The second-order valence-electron chi connectivity index (χ2n) is 7.02. The summed E-state index contributed by atoms with van der Waals surface area (Å²) in [5, 5.41) is 0.859. The number of thioether (sulfide) groups is 1. The number of carbonyl (C=O) groups is 1. The van der Waals surface area contributed by atoms with Crippen LogP contribution in [-0.4, -0.2) is 47.9 Å². The Labute approximate surface area is 204 Å². The van der Waals surface area contributed by atoms with Crippen LogP contribution in [0.25, 0.3) is 22.2 Å². The van der Waals surface area contributed by atoms with E-state index in [1.54, 1.807) is 18.9 Å². The molecule has 6 heteroatoms. The largest absolute Gasteiger partial charge is 0.496 e. The van der Waals surface area contributed by atoms with Gasteiger partial charge in [0.05, 0.1) is 23.6 Å². The van der Waals surface area contributed by atoms with Gasteiger partial charge in [-0.05, 0) is 50.2 Å². The van der Waals surface area contributed by atoms with Gasteiger partial charge < -0.3 is 19.0 Å². The lowest BCUT2D eigenvalue weighted by Gasteiger charge is -2.23. The van der Waals surface area contributed by atoms with E-state index in [4.69, 9.17) is 4.74 Å². The summed E-state index contributed by atoms with van der Waals surface area (Å²) in [5.74, 6) is 0.831. The molecule has 4 nitrogen and oxygen atoms in total. The minimum Gasteiger partial charge on any atom is -0.496 e. The number of carbonyl (C=O) groups excluding carboxylic acids is 1. The zero-order valence-electron chi connectivity index (χ0n) is 19.3. The van der Waals surface area contributed by atoms with Gasteiger partial charge in [-0.15, -0.1) is 11.8 Å². The fraction of sp³-hybridized carbons (Fsp3) is 0.400. The highest BCUT2D eigenvalue weighted by Crippen LogP contribution is 2.53. The minimum atomic E-state index is -0.202. The molecule has 0 radical (unpaired) electrons. The van der Waals surface area contributed by atoms with Crippen LogP contribution >= 0.6 is 34.4 Å². The van der Waals surface area contributed by atoms with Crippen molar-refractivity contribution in [3.63, 3.8) is 0 Å². The molecule has 2 heterocycles. The Morgan fingerprint density at radius 2 is 1.77 bits per heavy atom. The van der Waals surface area contributed by atoms with Crippen LogP contribution in [0.4, 0.5) is 0 Å². The summed E-state index contributed by atoms with van der Waals surface area (Å²) in [7, 11) is 3.80. The van der Waals surface area contributed by atoms with Crippen molar-refractivity contribution in [1.82, 2.24) is 9.47 Å². The molecule has 1 aliphatic heterocycles. The van der Waals surface area contributed by atoms with Crippen molar-refractivity contribution < 1.29 is 9.53 Å². The molecule has 0 N–H and O–H groups in total. The number of rotatable bonds is 5. The first-order valence-corrected chi connectivity index (χ1v) is 13.6. The number of methoxy groups -OCH3 is 1. The van der Waals surface area contributed by atoms with Gasteiger partial charge in [0.2, 0.25) is 0 Å². The summed E-state index contributed by atoms with van der Waals surface area (Å²) in [6.07, 6.45) is 1.05. The molecule has 2 aromatic carbocycles. The fourth-order valence-corrected chi connectivity index (χ4v) is 4.87. The smallest absolute Gasteiger partial charge is 0.137 e. The van der Waals surface area contributed by atoms with E-state index in [0.717, 1.165) is 58.7 Å². The molecule has 0 spiro atoms. The highest BCUT2D eigenvalue weighted by atomic mass is 127. The molecule has 168 valence electrons. The Hall–Kier alpha value is -1.51. The zero-order valence-corrected chi connectivity index (χ0v) is 22.3. The van der Waals surface area contributed by atoms with Gasteiger partial charge in [0.15, 0.2) is 0 Å². The van der Waals surface area contributed by atoms with Crippen LogP contribution in [0.2, 0.25) is 0 Å². The molecule has 1 aromatic heterocycles. The molecule has 1 atom stereocenters. The summed E-state index contributed by atoms with van der Waals surface area (Å²) < 4.78 is 7.89. The number of nitrogens with zero attached hydrogens (tertiary/aromatic N) is 2. The van der Waals surface area contributed by atoms with E-state index < -0.39 is 0 Å². The molecule has 4 rings (SSSR count). The van der Waals surface area contributed by atoms with Gasteiger partial charge in [-0.2, -0.15) is 0 Å². The first-order valence-electron chi connectivity index (χ1n) is 10.6. The van der Waals surface area contributed by atoms with Gasteiger partial charge >= 0.3 is 0 Å². The van der Waals surface area contributed by atoms with Crippen LogP contribution in [0.1, 0.15) is 31.6 Å². The third-order valence-electron chi connectivity index (χ3n) is 5.51. The van der Waals surface area contributed by atoms with E-state index in [0.29, 0.717) is 0 Å². The lowest BCUT2D eigenvalue weighted by molar-refractivity contribution is -0.107. The van der Waals surface area contributed by atoms with Crippen LogP contribution in [0, 0.1) is 0 Å². The van der Waals surface area contributed by atoms with Crippen molar-refractivity contribution >= 4 is 51.5 Å².